The molecule has 0 bridgehead atoms. The summed E-state index contributed by atoms with van der Waals surface area (Å²) in [5.41, 5.74) is 1.54. The lowest BCUT2D eigenvalue weighted by Crippen LogP contribution is -2.57. The second-order valence-corrected chi connectivity index (χ2v) is 5.54. The zero-order valence-electron chi connectivity index (χ0n) is 12.6. The normalized spacial score (nSPS) is 20.9. The molecule has 1 saturated heterocycles. The van der Waals surface area contributed by atoms with Crippen LogP contribution in [0.2, 0.25) is 0 Å². The largest absolute Gasteiger partial charge is 0.350 e. The highest BCUT2D eigenvalue weighted by atomic mass is 16.2. The van der Waals surface area contributed by atoms with Crippen molar-refractivity contribution in [3.8, 4) is 0 Å². The molecule has 1 aliphatic rings. The van der Waals surface area contributed by atoms with Crippen molar-refractivity contribution in [2.24, 2.45) is 5.92 Å². The Labute approximate surface area is 132 Å². The number of carbonyl (C=O) groups excluding carboxylic acids is 3. The average molecular weight is 315 g/mol. The van der Waals surface area contributed by atoms with Crippen LogP contribution in [0.5, 0.6) is 0 Å². The number of hydrogen-bond acceptors (Lipinski definition) is 4. The van der Waals surface area contributed by atoms with Crippen molar-refractivity contribution in [2.45, 2.75) is 25.9 Å². The van der Waals surface area contributed by atoms with Crippen molar-refractivity contribution in [2.75, 3.05) is 0 Å². The van der Waals surface area contributed by atoms with Crippen LogP contribution < -0.4 is 16.0 Å². The molecule has 0 aliphatic carbocycles. The number of nitrogens with one attached hydrogen (secondary N) is 3. The van der Waals surface area contributed by atoms with Crippen LogP contribution in [-0.4, -0.2) is 33.3 Å². The molecular weight excluding hydrogens is 298 g/mol. The molecule has 0 radical (unpaired) electrons. The van der Waals surface area contributed by atoms with Crippen LogP contribution in [0.15, 0.2) is 30.6 Å². The van der Waals surface area contributed by atoms with Crippen molar-refractivity contribution in [3.63, 3.8) is 0 Å². The summed E-state index contributed by atoms with van der Waals surface area (Å²) < 4.78 is 1.87. The van der Waals surface area contributed by atoms with Gasteiger partial charge >= 0.3 is 6.03 Å². The molecule has 0 spiro atoms. The maximum Gasteiger partial charge on any atom is 0.321 e. The number of aromatic nitrogens is 2. The molecule has 2 unspecified atom stereocenters. The number of pyridine rings is 1. The summed E-state index contributed by atoms with van der Waals surface area (Å²) in [5, 5.41) is 7.51. The van der Waals surface area contributed by atoms with Crippen molar-refractivity contribution in [1.29, 1.82) is 0 Å². The standard InChI is InChI=1S/C15H17N5O3/c1-9-11(14(22)19-15(23)17-9)6-13(21)16-7-10-8-20-5-3-2-4-12(20)18-10/h2-5,8-9,11H,6-7H2,1H3,(H,16,21)(H2,17,19,22,23). The molecule has 120 valence electrons. The predicted molar refractivity (Wildman–Crippen MR) is 81.3 cm³/mol. The molecule has 0 saturated carbocycles. The Morgan fingerprint density at radius 2 is 2.22 bits per heavy atom. The van der Waals surface area contributed by atoms with Gasteiger partial charge in [-0.15, -0.1) is 0 Å². The van der Waals surface area contributed by atoms with Gasteiger partial charge in [0.15, 0.2) is 0 Å². The predicted octanol–water partition coefficient (Wildman–Crippen LogP) is 0.185. The molecule has 4 amide bonds. The van der Waals surface area contributed by atoms with Gasteiger partial charge in [0.05, 0.1) is 18.2 Å². The van der Waals surface area contributed by atoms with Crippen molar-refractivity contribution in [3.05, 3.63) is 36.3 Å². The van der Waals surface area contributed by atoms with E-state index in [2.05, 4.69) is 20.9 Å². The molecule has 8 nitrogen and oxygen atoms in total. The fourth-order valence-electron chi connectivity index (χ4n) is 2.58. The van der Waals surface area contributed by atoms with Gasteiger partial charge in [-0.05, 0) is 19.1 Å². The van der Waals surface area contributed by atoms with Gasteiger partial charge in [-0.3, -0.25) is 14.9 Å². The highest BCUT2D eigenvalue weighted by Gasteiger charge is 2.33. The average Bonchev–Trinajstić information content (AvgIpc) is 2.91. The van der Waals surface area contributed by atoms with Crippen LogP contribution in [0.1, 0.15) is 19.0 Å². The molecule has 1 aliphatic heterocycles. The number of imide groups is 1. The molecule has 2 aromatic heterocycles. The molecule has 3 rings (SSSR count). The van der Waals surface area contributed by atoms with E-state index < -0.39 is 17.9 Å². The Morgan fingerprint density at radius 3 is 2.96 bits per heavy atom. The zero-order chi connectivity index (χ0) is 16.4. The van der Waals surface area contributed by atoms with Crippen LogP contribution >= 0.6 is 0 Å². The minimum atomic E-state index is -0.575. The molecule has 2 aromatic rings. The number of urea groups is 1. The van der Waals surface area contributed by atoms with Gasteiger partial charge < -0.3 is 15.0 Å². The molecule has 3 N–H and O–H groups in total. The summed E-state index contributed by atoms with van der Waals surface area (Å²) in [5.74, 6) is -1.26. The van der Waals surface area contributed by atoms with Gasteiger partial charge in [-0.25, -0.2) is 9.78 Å². The lowest BCUT2D eigenvalue weighted by Gasteiger charge is -2.28. The number of imidazole rings is 1. The molecule has 23 heavy (non-hydrogen) atoms. The van der Waals surface area contributed by atoms with Crippen LogP contribution in [-0.2, 0) is 16.1 Å². The SMILES string of the molecule is CC1NC(=O)NC(=O)C1CC(=O)NCc1cn2ccccc2n1. The van der Waals surface area contributed by atoms with Crippen LogP contribution in [0, 0.1) is 5.92 Å². The first-order valence-electron chi connectivity index (χ1n) is 7.33. The second kappa shape index (κ2) is 6.07. The Bertz CT molecular complexity index is 736. The Kier molecular flexibility index (Phi) is 3.96. The molecule has 8 heteroatoms. The van der Waals surface area contributed by atoms with E-state index in [1.54, 1.807) is 6.92 Å². The van der Waals surface area contributed by atoms with Gasteiger partial charge in [0.2, 0.25) is 11.8 Å². The van der Waals surface area contributed by atoms with E-state index in [1.807, 2.05) is 35.0 Å². The maximum absolute atomic E-state index is 12.0. The first-order chi connectivity index (χ1) is 11.0. The van der Waals surface area contributed by atoms with Crippen molar-refractivity contribution < 1.29 is 14.4 Å². The highest BCUT2D eigenvalue weighted by Crippen LogP contribution is 2.13. The van der Waals surface area contributed by atoms with Crippen molar-refractivity contribution >= 4 is 23.5 Å². The molecule has 1 fully saturated rings. The Morgan fingerprint density at radius 1 is 1.39 bits per heavy atom. The summed E-state index contributed by atoms with van der Waals surface area (Å²) in [4.78, 5) is 39.3. The number of nitrogens with zero attached hydrogens (tertiary/aromatic N) is 2. The maximum atomic E-state index is 12.0. The van der Waals surface area contributed by atoms with Crippen LogP contribution in [0.3, 0.4) is 0 Å². The van der Waals surface area contributed by atoms with Gasteiger partial charge in [-0.2, -0.15) is 0 Å². The number of amides is 4. The molecule has 2 atom stereocenters. The third kappa shape index (κ3) is 3.31. The third-order valence-corrected chi connectivity index (χ3v) is 3.82. The first kappa shape index (κ1) is 15.0. The summed E-state index contributed by atoms with van der Waals surface area (Å²) in [7, 11) is 0. The van der Waals surface area contributed by atoms with Crippen LogP contribution in [0.25, 0.3) is 5.65 Å². The third-order valence-electron chi connectivity index (χ3n) is 3.82. The number of carbonyl (C=O) groups is 3. The molecular formula is C15H17N5O3. The van der Waals surface area contributed by atoms with E-state index in [4.69, 9.17) is 0 Å². The van der Waals surface area contributed by atoms with Gasteiger partial charge in [0, 0.05) is 24.9 Å². The highest BCUT2D eigenvalue weighted by molar-refractivity contribution is 6.00. The quantitative estimate of drug-likeness (QED) is 0.749. The topological polar surface area (TPSA) is 105 Å². The van der Waals surface area contributed by atoms with Crippen LogP contribution in [0.4, 0.5) is 4.79 Å². The van der Waals surface area contributed by atoms with Gasteiger partial charge in [-0.1, -0.05) is 6.07 Å². The zero-order valence-corrected chi connectivity index (χ0v) is 12.6. The minimum absolute atomic E-state index is 0.0145. The lowest BCUT2D eigenvalue weighted by molar-refractivity contribution is -0.131. The second-order valence-electron chi connectivity index (χ2n) is 5.54. The molecule has 3 heterocycles. The van der Waals surface area contributed by atoms with E-state index in [9.17, 15) is 14.4 Å². The van der Waals surface area contributed by atoms with Gasteiger partial charge in [0.25, 0.3) is 0 Å². The van der Waals surface area contributed by atoms with Gasteiger partial charge in [0.1, 0.15) is 5.65 Å². The first-order valence-corrected chi connectivity index (χ1v) is 7.33. The number of hydrogen-bond donors (Lipinski definition) is 3. The van der Waals surface area contributed by atoms with E-state index >= 15 is 0 Å². The smallest absolute Gasteiger partial charge is 0.321 e. The van der Waals surface area contributed by atoms with E-state index in [-0.39, 0.29) is 24.9 Å². The summed E-state index contributed by atoms with van der Waals surface area (Å²) in [6.45, 7) is 1.99. The van der Waals surface area contributed by atoms with E-state index in [0.29, 0.717) is 0 Å². The van der Waals surface area contributed by atoms with Crippen molar-refractivity contribution in [1.82, 2.24) is 25.3 Å². The Hall–Kier alpha value is -2.90. The Balaban J connectivity index is 1.57. The number of rotatable bonds is 4. The lowest BCUT2D eigenvalue weighted by atomic mass is 9.94. The monoisotopic (exact) mass is 315 g/mol. The fourth-order valence-corrected chi connectivity index (χ4v) is 2.58. The van der Waals surface area contributed by atoms with E-state index in [1.165, 1.54) is 0 Å². The van der Waals surface area contributed by atoms with E-state index in [0.717, 1.165) is 11.3 Å². The minimum Gasteiger partial charge on any atom is -0.350 e. The number of fused-ring (bicyclic) bond motifs is 1. The summed E-state index contributed by atoms with van der Waals surface area (Å²) in [6.07, 6.45) is 3.73. The summed E-state index contributed by atoms with van der Waals surface area (Å²) in [6, 6.07) is 4.76. The molecule has 0 aromatic carbocycles. The summed E-state index contributed by atoms with van der Waals surface area (Å²) >= 11 is 0. The fraction of sp³-hybridized carbons (Fsp3) is 0.333.